The van der Waals surface area contributed by atoms with Crippen molar-refractivity contribution in [2.24, 2.45) is 0 Å². The average Bonchev–Trinajstić information content (AvgIpc) is 2.15. The predicted molar refractivity (Wildman–Crippen MR) is 64.8 cm³/mol. The van der Waals surface area contributed by atoms with E-state index in [0.29, 0.717) is 0 Å². The molecule has 1 rings (SSSR count). The lowest BCUT2D eigenvalue weighted by Gasteiger charge is -2.05. The fourth-order valence-electron chi connectivity index (χ4n) is 1.08. The minimum absolute atomic E-state index is 0.959. The smallest absolute Gasteiger partial charge is 0.0216 e. The molecule has 0 fully saturated rings. The van der Waals surface area contributed by atoms with Crippen LogP contribution in [0.1, 0.15) is 5.56 Å². The van der Waals surface area contributed by atoms with Crippen LogP contribution in [0.25, 0.3) is 0 Å². The van der Waals surface area contributed by atoms with E-state index in [0.717, 1.165) is 19.6 Å². The molecule has 0 aliphatic heterocycles. The highest BCUT2D eigenvalue weighted by Crippen LogP contribution is 2.10. The highest BCUT2D eigenvalue weighted by molar-refractivity contribution is 14.1. The lowest BCUT2D eigenvalue weighted by atomic mass is 10.2. The third-order valence-electron chi connectivity index (χ3n) is 1.83. The summed E-state index contributed by atoms with van der Waals surface area (Å²) < 4.78 is 1.33. The molecular weight excluding hydrogens is 275 g/mol. The minimum Gasteiger partial charge on any atom is -0.318 e. The first-order valence-electron chi connectivity index (χ1n) is 4.43. The fourth-order valence-corrected chi connectivity index (χ4v) is 1.66. The molecule has 72 valence electrons. The van der Waals surface area contributed by atoms with Crippen LogP contribution >= 0.6 is 22.6 Å². The largest absolute Gasteiger partial charge is 0.318 e. The number of rotatable bonds is 5. The van der Waals surface area contributed by atoms with Crippen LogP contribution in [-0.4, -0.2) is 20.1 Å². The molecule has 1 aromatic rings. The third-order valence-corrected chi connectivity index (χ3v) is 2.88. The van der Waals surface area contributed by atoms with Gasteiger partial charge in [-0.2, -0.15) is 0 Å². The monoisotopic (exact) mass is 290 g/mol. The normalized spacial score (nSPS) is 10.3. The summed E-state index contributed by atoms with van der Waals surface area (Å²) in [6, 6.07) is 8.44. The molecule has 0 saturated carbocycles. The first-order valence-corrected chi connectivity index (χ1v) is 5.51. The lowest BCUT2D eigenvalue weighted by Crippen LogP contribution is -2.24. The second kappa shape index (κ2) is 6.34. The summed E-state index contributed by atoms with van der Waals surface area (Å²) in [6.07, 6.45) is 0. The molecule has 13 heavy (non-hydrogen) atoms. The van der Waals surface area contributed by atoms with Gasteiger partial charge in [0.2, 0.25) is 0 Å². The number of halogens is 1. The molecule has 0 atom stereocenters. The van der Waals surface area contributed by atoms with E-state index < -0.39 is 0 Å². The van der Waals surface area contributed by atoms with Gasteiger partial charge in [-0.25, -0.2) is 0 Å². The van der Waals surface area contributed by atoms with E-state index in [-0.39, 0.29) is 0 Å². The van der Waals surface area contributed by atoms with E-state index in [4.69, 9.17) is 0 Å². The summed E-state index contributed by atoms with van der Waals surface area (Å²) in [5, 5.41) is 6.48. The number of nitrogens with one attached hydrogen (secondary N) is 2. The molecule has 0 spiro atoms. The topological polar surface area (TPSA) is 24.1 Å². The number of hydrogen-bond donors (Lipinski definition) is 2. The highest BCUT2D eigenvalue weighted by atomic mass is 127. The molecule has 1 aromatic carbocycles. The maximum Gasteiger partial charge on any atom is 0.0216 e. The van der Waals surface area contributed by atoms with E-state index in [2.05, 4.69) is 57.5 Å². The summed E-state index contributed by atoms with van der Waals surface area (Å²) in [5.41, 5.74) is 1.37. The summed E-state index contributed by atoms with van der Waals surface area (Å²) in [4.78, 5) is 0. The van der Waals surface area contributed by atoms with Crippen LogP contribution in [0.4, 0.5) is 0 Å². The molecule has 0 aromatic heterocycles. The molecule has 0 radical (unpaired) electrons. The Balaban J connectivity index is 2.32. The van der Waals surface area contributed by atoms with Gasteiger partial charge in [0.1, 0.15) is 0 Å². The molecule has 0 saturated heterocycles. The van der Waals surface area contributed by atoms with Crippen LogP contribution < -0.4 is 10.6 Å². The summed E-state index contributed by atoms with van der Waals surface area (Å²) in [5.74, 6) is 0. The lowest BCUT2D eigenvalue weighted by molar-refractivity contribution is 0.649. The molecule has 0 aliphatic rings. The Morgan fingerprint density at radius 3 is 2.69 bits per heavy atom. The Kier molecular flexibility index (Phi) is 5.34. The molecule has 0 aliphatic carbocycles. The van der Waals surface area contributed by atoms with Gasteiger partial charge in [-0.05, 0) is 41.3 Å². The van der Waals surface area contributed by atoms with Gasteiger partial charge in [0.05, 0.1) is 0 Å². The Morgan fingerprint density at radius 2 is 2.00 bits per heavy atom. The average molecular weight is 290 g/mol. The van der Waals surface area contributed by atoms with E-state index in [1.54, 1.807) is 0 Å². The van der Waals surface area contributed by atoms with Crippen LogP contribution in [0, 0.1) is 3.57 Å². The van der Waals surface area contributed by atoms with Crippen molar-refractivity contribution >= 4 is 22.6 Å². The molecule has 2 N–H and O–H groups in total. The number of hydrogen-bond acceptors (Lipinski definition) is 2. The van der Waals surface area contributed by atoms with Crippen LogP contribution in [0.2, 0.25) is 0 Å². The van der Waals surface area contributed by atoms with Gasteiger partial charge in [0, 0.05) is 23.2 Å². The molecule has 2 nitrogen and oxygen atoms in total. The fraction of sp³-hybridized carbons (Fsp3) is 0.400. The second-order valence-corrected chi connectivity index (χ2v) is 4.03. The minimum atomic E-state index is 0.959. The van der Waals surface area contributed by atoms with Crippen molar-refractivity contribution in [1.29, 1.82) is 0 Å². The van der Waals surface area contributed by atoms with Gasteiger partial charge < -0.3 is 10.6 Å². The third kappa shape index (κ3) is 4.06. The van der Waals surface area contributed by atoms with Gasteiger partial charge in [-0.15, -0.1) is 0 Å². The maximum atomic E-state index is 3.38. The molecule has 0 heterocycles. The van der Waals surface area contributed by atoms with Crippen LogP contribution in [0.3, 0.4) is 0 Å². The van der Waals surface area contributed by atoms with Gasteiger partial charge in [0.15, 0.2) is 0 Å². The van der Waals surface area contributed by atoms with Crippen LogP contribution in [0.15, 0.2) is 24.3 Å². The molecular formula is C10H15IN2. The molecule has 0 amide bonds. The van der Waals surface area contributed by atoms with Crippen LogP contribution in [-0.2, 0) is 6.54 Å². The number of likely N-dealkylation sites (N-methyl/N-ethyl adjacent to an activating group) is 1. The highest BCUT2D eigenvalue weighted by Gasteiger charge is 1.95. The van der Waals surface area contributed by atoms with Crippen molar-refractivity contribution in [2.75, 3.05) is 20.1 Å². The first-order chi connectivity index (χ1) is 6.34. The van der Waals surface area contributed by atoms with Gasteiger partial charge in [0.25, 0.3) is 0 Å². The predicted octanol–water partition coefficient (Wildman–Crippen LogP) is 1.60. The zero-order chi connectivity index (χ0) is 9.52. The van der Waals surface area contributed by atoms with Gasteiger partial charge in [-0.3, -0.25) is 0 Å². The quantitative estimate of drug-likeness (QED) is 0.636. The maximum absolute atomic E-state index is 3.38. The van der Waals surface area contributed by atoms with Gasteiger partial charge >= 0.3 is 0 Å². The van der Waals surface area contributed by atoms with Crippen molar-refractivity contribution < 1.29 is 0 Å². The SMILES string of the molecule is CNCCNCc1ccccc1I. The second-order valence-electron chi connectivity index (χ2n) is 2.87. The van der Waals surface area contributed by atoms with Crippen molar-refractivity contribution in [3.63, 3.8) is 0 Å². The zero-order valence-electron chi connectivity index (χ0n) is 7.81. The number of benzene rings is 1. The Bertz CT molecular complexity index is 250. The molecule has 0 bridgehead atoms. The molecule has 0 unspecified atom stereocenters. The van der Waals surface area contributed by atoms with E-state index in [9.17, 15) is 0 Å². The standard InChI is InChI=1S/C10H15IN2/c1-12-6-7-13-8-9-4-2-3-5-10(9)11/h2-5,12-13H,6-8H2,1H3. The van der Waals surface area contributed by atoms with E-state index in [1.165, 1.54) is 9.13 Å². The Morgan fingerprint density at radius 1 is 1.23 bits per heavy atom. The van der Waals surface area contributed by atoms with Crippen molar-refractivity contribution in [3.05, 3.63) is 33.4 Å². The van der Waals surface area contributed by atoms with Crippen molar-refractivity contribution in [1.82, 2.24) is 10.6 Å². The Hall–Kier alpha value is -0.130. The summed E-state index contributed by atoms with van der Waals surface area (Å²) in [7, 11) is 1.97. The van der Waals surface area contributed by atoms with E-state index >= 15 is 0 Å². The first kappa shape index (κ1) is 10.9. The summed E-state index contributed by atoms with van der Waals surface area (Å²) in [6.45, 7) is 2.99. The van der Waals surface area contributed by atoms with Gasteiger partial charge in [-0.1, -0.05) is 18.2 Å². The Labute approximate surface area is 93.3 Å². The molecule has 3 heteroatoms. The zero-order valence-corrected chi connectivity index (χ0v) is 9.97. The summed E-state index contributed by atoms with van der Waals surface area (Å²) >= 11 is 2.37. The van der Waals surface area contributed by atoms with E-state index in [1.807, 2.05) is 7.05 Å². The van der Waals surface area contributed by atoms with Crippen molar-refractivity contribution in [2.45, 2.75) is 6.54 Å². The van der Waals surface area contributed by atoms with Crippen molar-refractivity contribution in [3.8, 4) is 0 Å². The van der Waals surface area contributed by atoms with Crippen LogP contribution in [0.5, 0.6) is 0 Å².